The third-order valence-electron chi connectivity index (χ3n) is 1.36. The third kappa shape index (κ3) is 1.36. The van der Waals surface area contributed by atoms with Gasteiger partial charge in [0.05, 0.1) is 4.92 Å². The van der Waals surface area contributed by atoms with Gasteiger partial charge in [0.25, 0.3) is 0 Å². The second kappa shape index (κ2) is 3.21. The lowest BCUT2D eigenvalue weighted by atomic mass is 10.4. The number of anilines is 1. The minimum absolute atomic E-state index is 0.0862. The molecule has 0 saturated carbocycles. The van der Waals surface area contributed by atoms with E-state index in [-0.39, 0.29) is 17.3 Å². The molecule has 0 bridgehead atoms. The van der Waals surface area contributed by atoms with E-state index < -0.39 is 4.92 Å². The van der Waals surface area contributed by atoms with Gasteiger partial charge in [-0.25, -0.2) is 0 Å². The molecule has 0 aromatic carbocycles. The topological polar surface area (TPSA) is 81.2 Å². The minimum atomic E-state index is -0.510. The van der Waals surface area contributed by atoms with Crippen molar-refractivity contribution >= 4 is 11.5 Å². The Bertz CT molecular complexity index is 294. The molecule has 1 aromatic rings. The Hall–Kier alpha value is -1.59. The first-order chi connectivity index (χ1) is 5.66. The molecule has 0 aliphatic rings. The summed E-state index contributed by atoms with van der Waals surface area (Å²) in [5.41, 5.74) is -0.0862. The molecule has 66 valence electrons. The molecule has 1 rings (SSSR count). The van der Waals surface area contributed by atoms with Crippen LogP contribution in [0.5, 0.6) is 0 Å². The summed E-state index contributed by atoms with van der Waals surface area (Å²) in [6.45, 7) is 3.91. The van der Waals surface area contributed by atoms with Crippen LogP contribution in [-0.2, 0) is 0 Å². The highest BCUT2D eigenvalue weighted by Gasteiger charge is 2.22. The van der Waals surface area contributed by atoms with E-state index >= 15 is 0 Å². The second-order valence-electron chi connectivity index (χ2n) is 2.22. The van der Waals surface area contributed by atoms with E-state index in [1.165, 1.54) is 6.92 Å². The van der Waals surface area contributed by atoms with Crippen molar-refractivity contribution in [2.75, 3.05) is 11.9 Å². The standard InChI is InChI=1S/C6H9N3O3/c1-3-7-6-5(9(10)11)4(2)12-8-6/h3H2,1-2H3,(H,7,8). The monoisotopic (exact) mass is 171 g/mol. The van der Waals surface area contributed by atoms with Gasteiger partial charge in [0.1, 0.15) is 0 Å². The van der Waals surface area contributed by atoms with Crippen molar-refractivity contribution in [1.82, 2.24) is 5.16 Å². The number of nitro groups is 1. The van der Waals surface area contributed by atoms with Crippen LogP contribution in [-0.4, -0.2) is 16.6 Å². The van der Waals surface area contributed by atoms with Crippen LogP contribution in [0.15, 0.2) is 4.52 Å². The molecule has 0 fully saturated rings. The van der Waals surface area contributed by atoms with Crippen molar-refractivity contribution in [2.45, 2.75) is 13.8 Å². The molecule has 0 unspecified atom stereocenters. The van der Waals surface area contributed by atoms with Crippen LogP contribution in [0, 0.1) is 17.0 Å². The van der Waals surface area contributed by atoms with Crippen molar-refractivity contribution in [3.8, 4) is 0 Å². The highest BCUT2D eigenvalue weighted by Crippen LogP contribution is 2.26. The van der Waals surface area contributed by atoms with E-state index in [4.69, 9.17) is 0 Å². The highest BCUT2D eigenvalue weighted by atomic mass is 16.6. The quantitative estimate of drug-likeness (QED) is 0.547. The number of aryl methyl sites for hydroxylation is 1. The molecular weight excluding hydrogens is 162 g/mol. The van der Waals surface area contributed by atoms with Crippen molar-refractivity contribution < 1.29 is 9.45 Å². The van der Waals surface area contributed by atoms with Gasteiger partial charge >= 0.3 is 5.69 Å². The van der Waals surface area contributed by atoms with E-state index in [2.05, 4.69) is 15.0 Å². The predicted octanol–water partition coefficient (Wildman–Crippen LogP) is 1.32. The van der Waals surface area contributed by atoms with E-state index in [0.717, 1.165) is 0 Å². The number of nitrogens with one attached hydrogen (secondary N) is 1. The lowest BCUT2D eigenvalue weighted by molar-refractivity contribution is -0.385. The van der Waals surface area contributed by atoms with Crippen molar-refractivity contribution in [3.63, 3.8) is 0 Å². The summed E-state index contributed by atoms with van der Waals surface area (Å²) >= 11 is 0. The van der Waals surface area contributed by atoms with Crippen molar-refractivity contribution in [3.05, 3.63) is 15.9 Å². The normalized spacial score (nSPS) is 9.83. The number of rotatable bonds is 3. The second-order valence-corrected chi connectivity index (χ2v) is 2.22. The van der Waals surface area contributed by atoms with E-state index in [9.17, 15) is 10.1 Å². The summed E-state index contributed by atoms with van der Waals surface area (Å²) < 4.78 is 4.66. The highest BCUT2D eigenvalue weighted by molar-refractivity contribution is 5.56. The molecule has 0 atom stereocenters. The number of hydrogen-bond donors (Lipinski definition) is 1. The number of aromatic nitrogens is 1. The largest absolute Gasteiger partial charge is 0.362 e. The Morgan fingerprint density at radius 1 is 1.75 bits per heavy atom. The van der Waals surface area contributed by atoms with Gasteiger partial charge in [-0.15, -0.1) is 0 Å². The smallest absolute Gasteiger partial charge is 0.355 e. The van der Waals surface area contributed by atoms with E-state index in [1.807, 2.05) is 6.92 Å². The molecule has 0 aliphatic heterocycles. The average Bonchev–Trinajstić information content (AvgIpc) is 2.32. The van der Waals surface area contributed by atoms with Crippen LogP contribution in [0.1, 0.15) is 12.7 Å². The summed E-state index contributed by atoms with van der Waals surface area (Å²) in [5.74, 6) is 0.413. The van der Waals surface area contributed by atoms with Crippen molar-refractivity contribution in [1.29, 1.82) is 0 Å². The fourth-order valence-electron chi connectivity index (χ4n) is 0.866. The lowest BCUT2D eigenvalue weighted by Crippen LogP contribution is -2.00. The summed E-state index contributed by atoms with van der Waals surface area (Å²) in [7, 11) is 0. The van der Waals surface area contributed by atoms with Gasteiger partial charge < -0.3 is 9.84 Å². The molecule has 1 N–H and O–H groups in total. The van der Waals surface area contributed by atoms with Crippen LogP contribution in [0.3, 0.4) is 0 Å². The van der Waals surface area contributed by atoms with Gasteiger partial charge in [0.15, 0.2) is 0 Å². The number of nitrogens with zero attached hydrogens (tertiary/aromatic N) is 2. The lowest BCUT2D eigenvalue weighted by Gasteiger charge is -1.93. The molecule has 0 amide bonds. The van der Waals surface area contributed by atoms with E-state index in [1.54, 1.807) is 0 Å². The Kier molecular flexibility index (Phi) is 2.27. The van der Waals surface area contributed by atoms with Gasteiger partial charge in [0.2, 0.25) is 11.6 Å². The molecule has 12 heavy (non-hydrogen) atoms. The maximum atomic E-state index is 10.4. The Morgan fingerprint density at radius 2 is 2.42 bits per heavy atom. The van der Waals surface area contributed by atoms with Gasteiger partial charge in [0, 0.05) is 13.5 Å². The van der Waals surface area contributed by atoms with Crippen molar-refractivity contribution in [2.24, 2.45) is 0 Å². The summed E-state index contributed by atoms with van der Waals surface area (Å²) in [4.78, 5) is 9.93. The average molecular weight is 171 g/mol. The van der Waals surface area contributed by atoms with Crippen LogP contribution >= 0.6 is 0 Å². The van der Waals surface area contributed by atoms with Crippen LogP contribution < -0.4 is 5.32 Å². The maximum Gasteiger partial charge on any atom is 0.355 e. The predicted molar refractivity (Wildman–Crippen MR) is 42.1 cm³/mol. The fraction of sp³-hybridized carbons (Fsp3) is 0.500. The zero-order valence-electron chi connectivity index (χ0n) is 6.83. The summed E-state index contributed by atoms with van der Waals surface area (Å²) in [5, 5.41) is 16.7. The van der Waals surface area contributed by atoms with Gasteiger partial charge in [-0.2, -0.15) is 0 Å². The Morgan fingerprint density at radius 3 is 2.92 bits per heavy atom. The molecule has 0 radical (unpaired) electrons. The molecule has 6 nitrogen and oxygen atoms in total. The molecule has 0 spiro atoms. The molecule has 0 aliphatic carbocycles. The SMILES string of the molecule is CCNc1noc(C)c1[N+](=O)[O-]. The zero-order chi connectivity index (χ0) is 9.14. The van der Waals surface area contributed by atoms with Crippen LogP contribution in [0.4, 0.5) is 11.5 Å². The Labute approximate surface area is 68.7 Å². The van der Waals surface area contributed by atoms with Gasteiger partial charge in [-0.05, 0) is 6.92 Å². The van der Waals surface area contributed by atoms with Crippen LogP contribution in [0.2, 0.25) is 0 Å². The molecule has 1 heterocycles. The zero-order valence-corrected chi connectivity index (χ0v) is 6.83. The fourth-order valence-corrected chi connectivity index (χ4v) is 0.866. The summed E-state index contributed by atoms with van der Waals surface area (Å²) in [6, 6.07) is 0. The number of hydrogen-bond acceptors (Lipinski definition) is 5. The molecule has 6 heteroatoms. The molecule has 1 aromatic heterocycles. The van der Waals surface area contributed by atoms with E-state index in [0.29, 0.717) is 6.54 Å². The summed E-state index contributed by atoms with van der Waals surface area (Å²) in [6.07, 6.45) is 0. The first-order valence-corrected chi connectivity index (χ1v) is 3.51. The minimum Gasteiger partial charge on any atom is -0.362 e. The third-order valence-corrected chi connectivity index (χ3v) is 1.36. The maximum absolute atomic E-state index is 10.4. The molecule has 0 saturated heterocycles. The Balaban J connectivity index is 3.04. The first kappa shape index (κ1) is 8.51. The van der Waals surface area contributed by atoms with Crippen LogP contribution in [0.25, 0.3) is 0 Å². The van der Waals surface area contributed by atoms with Gasteiger partial charge in [-0.3, -0.25) is 10.1 Å². The first-order valence-electron chi connectivity index (χ1n) is 3.51. The molecular formula is C6H9N3O3. The van der Waals surface area contributed by atoms with Gasteiger partial charge in [-0.1, -0.05) is 5.16 Å².